The Morgan fingerprint density at radius 3 is 3.00 bits per heavy atom. The third-order valence-corrected chi connectivity index (χ3v) is 3.80. The van der Waals surface area contributed by atoms with Gasteiger partial charge in [-0.05, 0) is 0 Å². The van der Waals surface area contributed by atoms with Crippen molar-refractivity contribution in [3.8, 4) is 11.3 Å². The Bertz CT molecular complexity index is 579. The average molecular weight is 289 g/mol. The van der Waals surface area contributed by atoms with Gasteiger partial charge in [0, 0.05) is 17.5 Å². The van der Waals surface area contributed by atoms with Crippen LogP contribution in [-0.4, -0.2) is 36.7 Å². The first kappa shape index (κ1) is 13.2. The van der Waals surface area contributed by atoms with Gasteiger partial charge in [-0.2, -0.15) is 0 Å². The van der Waals surface area contributed by atoms with E-state index in [-0.39, 0.29) is 11.9 Å². The molecule has 1 unspecified atom stereocenters. The van der Waals surface area contributed by atoms with E-state index in [0.717, 1.165) is 11.3 Å². The number of nitrogens with zero attached hydrogens (tertiary/aromatic N) is 1. The van der Waals surface area contributed by atoms with Crippen LogP contribution in [0.5, 0.6) is 0 Å². The van der Waals surface area contributed by atoms with E-state index in [1.807, 2.05) is 35.7 Å². The number of nitrogens with one attached hydrogen (secondary N) is 2. The minimum atomic E-state index is -0.298. The molecule has 1 aliphatic rings. The molecule has 104 valence electrons. The maximum atomic E-state index is 12.0. The summed E-state index contributed by atoms with van der Waals surface area (Å²) in [6.07, 6.45) is 0. The van der Waals surface area contributed by atoms with Crippen LogP contribution in [0, 0.1) is 0 Å². The van der Waals surface area contributed by atoms with E-state index in [4.69, 9.17) is 4.74 Å². The normalized spacial score (nSPS) is 18.7. The summed E-state index contributed by atoms with van der Waals surface area (Å²) in [4.78, 5) is 16.5. The Kier molecular flexibility index (Phi) is 4.05. The molecule has 0 saturated carbocycles. The lowest BCUT2D eigenvalue weighted by Gasteiger charge is -2.22. The molecule has 0 radical (unpaired) electrons. The van der Waals surface area contributed by atoms with Gasteiger partial charge in [0.2, 0.25) is 5.91 Å². The minimum Gasteiger partial charge on any atom is -0.378 e. The van der Waals surface area contributed by atoms with Gasteiger partial charge in [0.25, 0.3) is 0 Å². The largest absolute Gasteiger partial charge is 0.378 e. The van der Waals surface area contributed by atoms with E-state index < -0.39 is 0 Å². The number of rotatable bonds is 3. The van der Waals surface area contributed by atoms with Crippen LogP contribution in [-0.2, 0) is 9.53 Å². The molecule has 1 saturated heterocycles. The summed E-state index contributed by atoms with van der Waals surface area (Å²) in [5.74, 6) is -0.0985. The van der Waals surface area contributed by atoms with Crippen LogP contribution in [0.4, 0.5) is 5.13 Å². The fourth-order valence-electron chi connectivity index (χ4n) is 2.00. The maximum Gasteiger partial charge on any atom is 0.245 e. The van der Waals surface area contributed by atoms with Crippen LogP contribution in [0.3, 0.4) is 0 Å². The van der Waals surface area contributed by atoms with E-state index in [9.17, 15) is 4.79 Å². The highest BCUT2D eigenvalue weighted by molar-refractivity contribution is 7.14. The summed E-state index contributed by atoms with van der Waals surface area (Å²) in [6.45, 7) is 1.76. The molecule has 1 aromatic heterocycles. The number of hydrogen-bond donors (Lipinski definition) is 2. The van der Waals surface area contributed by atoms with Gasteiger partial charge in [-0.15, -0.1) is 11.3 Å². The first-order chi connectivity index (χ1) is 9.83. The lowest BCUT2D eigenvalue weighted by atomic mass is 10.2. The van der Waals surface area contributed by atoms with Crippen LogP contribution < -0.4 is 10.6 Å². The quantitative estimate of drug-likeness (QED) is 0.903. The molecule has 2 aromatic rings. The summed E-state index contributed by atoms with van der Waals surface area (Å²) in [7, 11) is 0. The Morgan fingerprint density at radius 1 is 1.40 bits per heavy atom. The van der Waals surface area contributed by atoms with Gasteiger partial charge in [-0.1, -0.05) is 30.3 Å². The summed E-state index contributed by atoms with van der Waals surface area (Å²) in [5, 5.41) is 8.50. The molecule has 2 heterocycles. The molecule has 5 nitrogen and oxygen atoms in total. The second-order valence-corrected chi connectivity index (χ2v) is 5.33. The van der Waals surface area contributed by atoms with Crippen molar-refractivity contribution in [3.05, 3.63) is 35.7 Å². The lowest BCUT2D eigenvalue weighted by molar-refractivity contribution is -0.120. The molecule has 1 atom stereocenters. The fraction of sp³-hybridized carbons (Fsp3) is 0.286. The number of benzene rings is 1. The number of ether oxygens (including phenoxy) is 1. The van der Waals surface area contributed by atoms with Crippen molar-refractivity contribution in [1.29, 1.82) is 0 Å². The van der Waals surface area contributed by atoms with E-state index in [2.05, 4.69) is 15.6 Å². The smallest absolute Gasteiger partial charge is 0.245 e. The molecule has 1 aliphatic heterocycles. The predicted octanol–water partition coefficient (Wildman–Crippen LogP) is 1.74. The monoisotopic (exact) mass is 289 g/mol. The van der Waals surface area contributed by atoms with Gasteiger partial charge in [0.05, 0.1) is 18.9 Å². The number of carbonyl (C=O) groups excluding carboxylic acids is 1. The van der Waals surface area contributed by atoms with Crippen LogP contribution in [0.2, 0.25) is 0 Å². The number of aromatic nitrogens is 1. The van der Waals surface area contributed by atoms with E-state index in [1.165, 1.54) is 11.3 Å². The van der Waals surface area contributed by atoms with Crippen LogP contribution in [0.25, 0.3) is 11.3 Å². The summed E-state index contributed by atoms with van der Waals surface area (Å²) in [6, 6.07) is 9.60. The molecular formula is C14H15N3O2S. The van der Waals surface area contributed by atoms with Crippen molar-refractivity contribution in [2.45, 2.75) is 6.04 Å². The second kappa shape index (κ2) is 6.13. The number of morpholine rings is 1. The molecule has 1 fully saturated rings. The zero-order valence-corrected chi connectivity index (χ0v) is 11.7. The minimum absolute atomic E-state index is 0.0985. The number of hydrogen-bond acceptors (Lipinski definition) is 5. The van der Waals surface area contributed by atoms with Gasteiger partial charge in [-0.25, -0.2) is 4.98 Å². The number of thiazole rings is 1. The highest BCUT2D eigenvalue weighted by Gasteiger charge is 2.21. The summed E-state index contributed by atoms with van der Waals surface area (Å²) >= 11 is 1.43. The molecule has 2 N–H and O–H groups in total. The summed E-state index contributed by atoms with van der Waals surface area (Å²) < 4.78 is 5.28. The van der Waals surface area contributed by atoms with Crippen LogP contribution in [0.1, 0.15) is 0 Å². The third-order valence-electron chi connectivity index (χ3n) is 3.04. The number of amides is 1. The van der Waals surface area contributed by atoms with E-state index >= 15 is 0 Å². The maximum absolute atomic E-state index is 12.0. The van der Waals surface area contributed by atoms with E-state index in [0.29, 0.717) is 24.9 Å². The molecule has 1 aromatic carbocycles. The molecule has 20 heavy (non-hydrogen) atoms. The average Bonchev–Trinajstić information content (AvgIpc) is 2.97. The molecular weight excluding hydrogens is 274 g/mol. The van der Waals surface area contributed by atoms with Crippen molar-refractivity contribution in [1.82, 2.24) is 10.3 Å². The molecule has 0 aliphatic carbocycles. The van der Waals surface area contributed by atoms with Gasteiger partial charge >= 0.3 is 0 Å². The molecule has 3 rings (SSSR count). The zero-order valence-electron chi connectivity index (χ0n) is 10.8. The lowest BCUT2D eigenvalue weighted by Crippen LogP contribution is -2.48. The predicted molar refractivity (Wildman–Crippen MR) is 78.8 cm³/mol. The standard InChI is InChI=1S/C14H15N3O2S/c18-13(11-8-19-7-6-15-11)17-14-16-12(9-20-14)10-4-2-1-3-5-10/h1-5,9,11,15H,6-8H2,(H,16,17,18). The SMILES string of the molecule is O=C(Nc1nc(-c2ccccc2)cs1)C1COCCN1. The van der Waals surface area contributed by atoms with Crippen LogP contribution >= 0.6 is 11.3 Å². The van der Waals surface area contributed by atoms with Crippen molar-refractivity contribution in [3.63, 3.8) is 0 Å². The number of carbonyl (C=O) groups is 1. The highest BCUT2D eigenvalue weighted by atomic mass is 32.1. The third kappa shape index (κ3) is 3.04. The van der Waals surface area contributed by atoms with Gasteiger partial charge < -0.3 is 15.4 Å². The van der Waals surface area contributed by atoms with Gasteiger partial charge in [0.1, 0.15) is 6.04 Å². The Balaban J connectivity index is 1.66. The van der Waals surface area contributed by atoms with Crippen molar-refractivity contribution in [2.75, 3.05) is 25.1 Å². The van der Waals surface area contributed by atoms with Gasteiger partial charge in [0.15, 0.2) is 5.13 Å². The fourth-order valence-corrected chi connectivity index (χ4v) is 2.72. The highest BCUT2D eigenvalue weighted by Crippen LogP contribution is 2.24. The molecule has 1 amide bonds. The Hall–Kier alpha value is -1.76. The molecule has 0 spiro atoms. The number of anilines is 1. The van der Waals surface area contributed by atoms with Crippen molar-refractivity contribution < 1.29 is 9.53 Å². The Morgan fingerprint density at radius 2 is 2.25 bits per heavy atom. The second-order valence-electron chi connectivity index (χ2n) is 4.47. The first-order valence-corrected chi connectivity index (χ1v) is 7.34. The van der Waals surface area contributed by atoms with Crippen LogP contribution in [0.15, 0.2) is 35.7 Å². The van der Waals surface area contributed by atoms with E-state index in [1.54, 1.807) is 0 Å². The Labute approximate surface area is 121 Å². The van der Waals surface area contributed by atoms with Crippen molar-refractivity contribution >= 4 is 22.4 Å². The molecule has 0 bridgehead atoms. The summed E-state index contributed by atoms with van der Waals surface area (Å²) in [5.41, 5.74) is 1.92. The zero-order chi connectivity index (χ0) is 13.8. The molecule has 6 heteroatoms. The van der Waals surface area contributed by atoms with Crippen molar-refractivity contribution in [2.24, 2.45) is 0 Å². The topological polar surface area (TPSA) is 63.2 Å². The van der Waals surface area contributed by atoms with Gasteiger partial charge in [-0.3, -0.25) is 4.79 Å². The first-order valence-electron chi connectivity index (χ1n) is 6.46.